The summed E-state index contributed by atoms with van der Waals surface area (Å²) in [5.74, 6) is 0.623. The number of anilines is 1. The Bertz CT molecular complexity index is 805. The Balaban J connectivity index is 1.80. The largest absolute Gasteiger partial charge is 0.387 e. The first kappa shape index (κ1) is 15.2. The molecule has 8 heteroatoms. The van der Waals surface area contributed by atoms with Gasteiger partial charge >= 0.3 is 0 Å². The summed E-state index contributed by atoms with van der Waals surface area (Å²) in [6, 6.07) is 7.09. The van der Waals surface area contributed by atoms with E-state index in [9.17, 15) is 5.11 Å². The first-order valence-corrected chi connectivity index (χ1v) is 7.74. The first-order valence-electron chi connectivity index (χ1n) is 6.57. The van der Waals surface area contributed by atoms with Gasteiger partial charge in [-0.2, -0.15) is 5.10 Å². The molecule has 114 valence electrons. The van der Waals surface area contributed by atoms with Crippen LogP contribution in [0.2, 0.25) is 5.02 Å². The fourth-order valence-corrected chi connectivity index (χ4v) is 2.90. The molecule has 1 unspecified atom stereocenters. The minimum Gasteiger partial charge on any atom is -0.387 e. The van der Waals surface area contributed by atoms with Crippen LogP contribution in [0.25, 0.3) is 11.0 Å². The van der Waals surface area contributed by atoms with Gasteiger partial charge in [-0.15, -0.1) is 0 Å². The summed E-state index contributed by atoms with van der Waals surface area (Å²) >= 11 is 9.25. The zero-order chi connectivity index (χ0) is 15.7. The van der Waals surface area contributed by atoms with Crippen molar-refractivity contribution >= 4 is 44.4 Å². The summed E-state index contributed by atoms with van der Waals surface area (Å²) in [5, 5.41) is 19.1. The number of halogens is 2. The van der Waals surface area contributed by atoms with E-state index in [0.717, 1.165) is 10.9 Å². The normalized spacial score (nSPS) is 12.5. The molecule has 3 aromatic rings. The van der Waals surface area contributed by atoms with E-state index in [-0.39, 0.29) is 0 Å². The lowest BCUT2D eigenvalue weighted by Crippen LogP contribution is -2.13. The SMILES string of the molecule is Cn1nc(Br)c2c(NCC(O)c3ccc(Cl)cc3)ncnc21. The van der Waals surface area contributed by atoms with Crippen molar-refractivity contribution in [1.29, 1.82) is 0 Å². The highest BCUT2D eigenvalue weighted by atomic mass is 79.9. The van der Waals surface area contributed by atoms with Gasteiger partial charge in [-0.25, -0.2) is 14.6 Å². The summed E-state index contributed by atoms with van der Waals surface area (Å²) in [4.78, 5) is 8.42. The molecule has 6 nitrogen and oxygen atoms in total. The van der Waals surface area contributed by atoms with Crippen molar-refractivity contribution in [1.82, 2.24) is 19.7 Å². The van der Waals surface area contributed by atoms with Crippen molar-refractivity contribution < 1.29 is 5.11 Å². The predicted molar refractivity (Wildman–Crippen MR) is 88.9 cm³/mol. The Morgan fingerprint density at radius 2 is 2.05 bits per heavy atom. The lowest BCUT2D eigenvalue weighted by Gasteiger charge is -2.13. The maximum atomic E-state index is 10.2. The molecule has 0 fully saturated rings. The van der Waals surface area contributed by atoms with Crippen LogP contribution in [0.15, 0.2) is 35.2 Å². The fraction of sp³-hybridized carbons (Fsp3) is 0.214. The highest BCUT2D eigenvalue weighted by molar-refractivity contribution is 9.10. The summed E-state index contributed by atoms with van der Waals surface area (Å²) < 4.78 is 2.33. The highest BCUT2D eigenvalue weighted by Gasteiger charge is 2.14. The molecule has 0 aliphatic heterocycles. The van der Waals surface area contributed by atoms with E-state index in [0.29, 0.717) is 27.6 Å². The molecule has 0 saturated carbocycles. The number of aliphatic hydroxyl groups is 1. The number of nitrogens with one attached hydrogen (secondary N) is 1. The Morgan fingerprint density at radius 3 is 2.77 bits per heavy atom. The smallest absolute Gasteiger partial charge is 0.164 e. The van der Waals surface area contributed by atoms with Gasteiger partial charge in [-0.05, 0) is 33.6 Å². The quantitative estimate of drug-likeness (QED) is 0.725. The Hall–Kier alpha value is -1.70. The third-order valence-electron chi connectivity index (χ3n) is 3.30. The molecule has 0 bridgehead atoms. The second kappa shape index (κ2) is 6.20. The van der Waals surface area contributed by atoms with Gasteiger partial charge in [-0.1, -0.05) is 23.7 Å². The van der Waals surface area contributed by atoms with E-state index in [4.69, 9.17) is 11.6 Å². The maximum absolute atomic E-state index is 10.2. The number of aromatic nitrogens is 4. The van der Waals surface area contributed by atoms with Gasteiger partial charge in [0, 0.05) is 18.6 Å². The highest BCUT2D eigenvalue weighted by Crippen LogP contribution is 2.27. The van der Waals surface area contributed by atoms with Gasteiger partial charge in [0.05, 0.1) is 11.5 Å². The van der Waals surface area contributed by atoms with Crippen LogP contribution < -0.4 is 5.32 Å². The fourth-order valence-electron chi connectivity index (χ4n) is 2.17. The summed E-state index contributed by atoms with van der Waals surface area (Å²) in [6.07, 6.45) is 0.797. The van der Waals surface area contributed by atoms with Crippen LogP contribution in [0, 0.1) is 0 Å². The molecule has 0 amide bonds. The molecule has 1 aromatic carbocycles. The number of hydrogen-bond donors (Lipinski definition) is 2. The zero-order valence-corrected chi connectivity index (χ0v) is 14.0. The second-order valence-electron chi connectivity index (χ2n) is 4.78. The predicted octanol–water partition coefficient (Wildman–Crippen LogP) is 2.92. The molecule has 0 saturated heterocycles. The summed E-state index contributed by atoms with van der Waals surface area (Å²) in [5.41, 5.74) is 1.50. The van der Waals surface area contributed by atoms with Crippen LogP contribution in [-0.2, 0) is 7.05 Å². The zero-order valence-electron chi connectivity index (χ0n) is 11.7. The summed E-state index contributed by atoms with van der Waals surface area (Å²) in [6.45, 7) is 0.315. The van der Waals surface area contributed by atoms with Gasteiger partial charge < -0.3 is 10.4 Å². The molecule has 0 aliphatic rings. The van der Waals surface area contributed by atoms with E-state index < -0.39 is 6.10 Å². The molecule has 0 aliphatic carbocycles. The summed E-state index contributed by atoms with van der Waals surface area (Å²) in [7, 11) is 1.81. The number of aliphatic hydroxyl groups excluding tert-OH is 1. The topological polar surface area (TPSA) is 75.9 Å². The number of nitrogens with zero attached hydrogens (tertiary/aromatic N) is 4. The number of benzene rings is 1. The monoisotopic (exact) mass is 381 g/mol. The number of rotatable bonds is 4. The van der Waals surface area contributed by atoms with Crippen LogP contribution in [0.4, 0.5) is 5.82 Å². The van der Waals surface area contributed by atoms with Gasteiger partial charge in [0.15, 0.2) is 5.65 Å². The minimum atomic E-state index is -0.669. The van der Waals surface area contributed by atoms with Crippen molar-refractivity contribution in [3.63, 3.8) is 0 Å². The molecular formula is C14H13BrClN5O. The molecule has 0 radical (unpaired) electrons. The van der Waals surface area contributed by atoms with Crippen molar-refractivity contribution in [2.75, 3.05) is 11.9 Å². The van der Waals surface area contributed by atoms with Gasteiger partial charge in [0.2, 0.25) is 0 Å². The van der Waals surface area contributed by atoms with E-state index in [1.165, 1.54) is 6.33 Å². The third kappa shape index (κ3) is 2.92. The molecular weight excluding hydrogens is 370 g/mol. The van der Waals surface area contributed by atoms with E-state index in [2.05, 4.69) is 36.3 Å². The molecule has 3 rings (SSSR count). The standard InChI is InChI=1S/C14H13BrClN5O/c1-21-14-11(12(15)20-21)13(18-7-19-14)17-6-10(22)8-2-4-9(16)5-3-8/h2-5,7,10,22H,6H2,1H3,(H,17,18,19). The third-order valence-corrected chi connectivity index (χ3v) is 4.10. The average Bonchev–Trinajstić information content (AvgIpc) is 2.81. The number of hydrogen-bond acceptors (Lipinski definition) is 5. The van der Waals surface area contributed by atoms with Crippen molar-refractivity contribution in [3.8, 4) is 0 Å². The maximum Gasteiger partial charge on any atom is 0.164 e. The van der Waals surface area contributed by atoms with Crippen LogP contribution in [-0.4, -0.2) is 31.4 Å². The molecule has 2 N–H and O–H groups in total. The van der Waals surface area contributed by atoms with Gasteiger partial charge in [0.1, 0.15) is 16.7 Å². The Kier molecular flexibility index (Phi) is 4.28. The Morgan fingerprint density at radius 1 is 1.32 bits per heavy atom. The van der Waals surface area contributed by atoms with Gasteiger partial charge in [0.25, 0.3) is 0 Å². The molecule has 0 spiro atoms. The Labute approximate surface area is 140 Å². The molecule has 2 heterocycles. The number of fused-ring (bicyclic) bond motifs is 1. The molecule has 22 heavy (non-hydrogen) atoms. The van der Waals surface area contributed by atoms with Crippen molar-refractivity contribution in [2.24, 2.45) is 7.05 Å². The van der Waals surface area contributed by atoms with Gasteiger partial charge in [-0.3, -0.25) is 0 Å². The van der Waals surface area contributed by atoms with Crippen LogP contribution in [0.5, 0.6) is 0 Å². The average molecular weight is 383 g/mol. The number of aryl methyl sites for hydroxylation is 1. The van der Waals surface area contributed by atoms with E-state index in [1.54, 1.807) is 28.9 Å². The molecule has 1 atom stereocenters. The van der Waals surface area contributed by atoms with Crippen LogP contribution in [0.3, 0.4) is 0 Å². The van der Waals surface area contributed by atoms with Crippen molar-refractivity contribution in [2.45, 2.75) is 6.10 Å². The minimum absolute atomic E-state index is 0.315. The van der Waals surface area contributed by atoms with E-state index >= 15 is 0 Å². The first-order chi connectivity index (χ1) is 10.6. The van der Waals surface area contributed by atoms with E-state index in [1.807, 2.05) is 7.05 Å². The van der Waals surface area contributed by atoms with Crippen molar-refractivity contribution in [3.05, 3.63) is 45.8 Å². The molecule has 2 aromatic heterocycles. The second-order valence-corrected chi connectivity index (χ2v) is 5.97. The lowest BCUT2D eigenvalue weighted by molar-refractivity contribution is 0.191. The van der Waals surface area contributed by atoms with Crippen LogP contribution in [0.1, 0.15) is 11.7 Å². The lowest BCUT2D eigenvalue weighted by atomic mass is 10.1. The van der Waals surface area contributed by atoms with Crippen LogP contribution >= 0.6 is 27.5 Å².